The van der Waals surface area contributed by atoms with E-state index >= 15 is 0 Å². The third-order valence-corrected chi connectivity index (χ3v) is 5.54. The predicted octanol–water partition coefficient (Wildman–Crippen LogP) is 2.46. The van der Waals surface area contributed by atoms with Crippen LogP contribution in [0, 0.1) is 5.92 Å². The van der Waals surface area contributed by atoms with Gasteiger partial charge in [0.15, 0.2) is 11.5 Å². The lowest BCUT2D eigenvalue weighted by atomic mass is 10.1. The lowest BCUT2D eigenvalue weighted by Gasteiger charge is -2.25. The van der Waals surface area contributed by atoms with Crippen LogP contribution in [0.4, 0.5) is 0 Å². The van der Waals surface area contributed by atoms with Crippen molar-refractivity contribution in [2.24, 2.45) is 5.92 Å². The van der Waals surface area contributed by atoms with Crippen molar-refractivity contribution in [3.05, 3.63) is 59.7 Å². The summed E-state index contributed by atoms with van der Waals surface area (Å²) in [6.45, 7) is 2.38. The van der Waals surface area contributed by atoms with Crippen molar-refractivity contribution in [2.45, 2.75) is 25.5 Å². The van der Waals surface area contributed by atoms with Crippen LogP contribution in [0.1, 0.15) is 36.6 Å². The number of aliphatic hydroxyl groups is 1. The van der Waals surface area contributed by atoms with E-state index in [0.29, 0.717) is 23.6 Å². The fourth-order valence-electron chi connectivity index (χ4n) is 3.71. The van der Waals surface area contributed by atoms with Gasteiger partial charge in [-0.1, -0.05) is 36.4 Å². The summed E-state index contributed by atoms with van der Waals surface area (Å²) >= 11 is 0. The standard InChI is InChI=1S/C23H28N2O5/c1-15(16-7-5-4-6-8-16)25-14-18(12-22(25)27)23(28)24-13-19(26)17-9-10-20(29-2)21(11-17)30-3/h4-11,15,18-19,26H,12-14H2,1-3H3,(H,24,28). The molecule has 30 heavy (non-hydrogen) atoms. The highest BCUT2D eigenvalue weighted by atomic mass is 16.5. The molecule has 1 fully saturated rings. The molecule has 0 aliphatic carbocycles. The Balaban J connectivity index is 1.57. The van der Waals surface area contributed by atoms with Crippen LogP contribution < -0.4 is 14.8 Å². The number of benzene rings is 2. The average molecular weight is 412 g/mol. The van der Waals surface area contributed by atoms with Crippen molar-refractivity contribution in [3.63, 3.8) is 0 Å². The molecule has 2 N–H and O–H groups in total. The molecule has 2 aromatic carbocycles. The largest absolute Gasteiger partial charge is 0.493 e. The number of likely N-dealkylation sites (tertiary alicyclic amines) is 1. The summed E-state index contributed by atoms with van der Waals surface area (Å²) in [5, 5.41) is 13.2. The van der Waals surface area contributed by atoms with E-state index in [1.807, 2.05) is 37.3 Å². The minimum absolute atomic E-state index is 0.0352. The first-order valence-electron chi connectivity index (χ1n) is 9.96. The van der Waals surface area contributed by atoms with Gasteiger partial charge in [-0.05, 0) is 30.2 Å². The molecule has 3 rings (SSSR count). The van der Waals surface area contributed by atoms with Crippen molar-refractivity contribution in [3.8, 4) is 11.5 Å². The number of rotatable bonds is 8. The number of hydrogen-bond donors (Lipinski definition) is 2. The van der Waals surface area contributed by atoms with Crippen LogP contribution in [0.2, 0.25) is 0 Å². The number of nitrogens with one attached hydrogen (secondary N) is 1. The van der Waals surface area contributed by atoms with Crippen molar-refractivity contribution >= 4 is 11.8 Å². The van der Waals surface area contributed by atoms with E-state index in [4.69, 9.17) is 9.47 Å². The molecule has 0 spiro atoms. The van der Waals surface area contributed by atoms with Crippen molar-refractivity contribution in [1.82, 2.24) is 10.2 Å². The summed E-state index contributed by atoms with van der Waals surface area (Å²) in [4.78, 5) is 26.8. The Hall–Kier alpha value is -3.06. The second-order valence-electron chi connectivity index (χ2n) is 7.41. The molecule has 1 saturated heterocycles. The van der Waals surface area contributed by atoms with Gasteiger partial charge in [-0.15, -0.1) is 0 Å². The lowest BCUT2D eigenvalue weighted by molar-refractivity contribution is -0.130. The normalized spacial score (nSPS) is 18.1. The molecule has 2 amide bonds. The van der Waals surface area contributed by atoms with Gasteiger partial charge in [-0.2, -0.15) is 0 Å². The first kappa shape index (κ1) is 21.6. The SMILES string of the molecule is COc1ccc(C(O)CNC(=O)C2CC(=O)N(C(C)c3ccccc3)C2)cc1OC. The molecule has 0 radical (unpaired) electrons. The zero-order valence-electron chi connectivity index (χ0n) is 17.5. The predicted molar refractivity (Wildman–Crippen MR) is 112 cm³/mol. The van der Waals surface area contributed by atoms with E-state index < -0.39 is 12.0 Å². The van der Waals surface area contributed by atoms with Gasteiger partial charge in [0.25, 0.3) is 0 Å². The van der Waals surface area contributed by atoms with Crippen molar-refractivity contribution < 1.29 is 24.2 Å². The smallest absolute Gasteiger partial charge is 0.225 e. The maximum atomic E-state index is 12.6. The first-order valence-corrected chi connectivity index (χ1v) is 9.96. The molecule has 1 aliphatic rings. The molecule has 160 valence electrons. The van der Waals surface area contributed by atoms with Gasteiger partial charge >= 0.3 is 0 Å². The summed E-state index contributed by atoms with van der Waals surface area (Å²) in [7, 11) is 3.06. The quantitative estimate of drug-likeness (QED) is 0.695. The molecule has 0 aromatic heterocycles. The van der Waals surface area contributed by atoms with Gasteiger partial charge in [-0.3, -0.25) is 9.59 Å². The maximum absolute atomic E-state index is 12.6. The summed E-state index contributed by atoms with van der Waals surface area (Å²) in [6, 6.07) is 14.8. The van der Waals surface area contributed by atoms with Gasteiger partial charge in [-0.25, -0.2) is 0 Å². The summed E-state index contributed by atoms with van der Waals surface area (Å²) in [5.41, 5.74) is 1.64. The number of ether oxygens (including phenoxy) is 2. The number of carbonyl (C=O) groups excluding carboxylic acids is 2. The van der Waals surface area contributed by atoms with Crippen molar-refractivity contribution in [1.29, 1.82) is 0 Å². The number of methoxy groups -OCH3 is 2. The fraction of sp³-hybridized carbons (Fsp3) is 0.391. The van der Waals surface area contributed by atoms with E-state index in [1.165, 1.54) is 7.11 Å². The summed E-state index contributed by atoms with van der Waals surface area (Å²) < 4.78 is 10.4. The Morgan fingerprint density at radius 3 is 2.50 bits per heavy atom. The van der Waals surface area contributed by atoms with Crippen LogP contribution in [0.5, 0.6) is 11.5 Å². The molecule has 0 saturated carbocycles. The number of nitrogens with zero attached hydrogens (tertiary/aromatic N) is 1. The van der Waals surface area contributed by atoms with Crippen LogP contribution in [0.25, 0.3) is 0 Å². The van der Waals surface area contributed by atoms with Crippen molar-refractivity contribution in [2.75, 3.05) is 27.3 Å². The monoisotopic (exact) mass is 412 g/mol. The lowest BCUT2D eigenvalue weighted by Crippen LogP contribution is -2.35. The minimum Gasteiger partial charge on any atom is -0.493 e. The minimum atomic E-state index is -0.898. The molecule has 0 bridgehead atoms. The Bertz CT molecular complexity index is 886. The Kier molecular flexibility index (Phi) is 6.95. The maximum Gasteiger partial charge on any atom is 0.225 e. The zero-order valence-corrected chi connectivity index (χ0v) is 17.5. The number of carbonyl (C=O) groups is 2. The number of amides is 2. The zero-order chi connectivity index (χ0) is 21.7. The highest BCUT2D eigenvalue weighted by Crippen LogP contribution is 2.30. The van der Waals surface area contributed by atoms with E-state index in [2.05, 4.69) is 5.32 Å². The van der Waals surface area contributed by atoms with Gasteiger partial charge in [0.2, 0.25) is 11.8 Å². The molecule has 1 aliphatic heterocycles. The second kappa shape index (κ2) is 9.63. The highest BCUT2D eigenvalue weighted by Gasteiger charge is 2.37. The first-order chi connectivity index (χ1) is 14.4. The highest BCUT2D eigenvalue weighted by molar-refractivity contribution is 5.89. The second-order valence-corrected chi connectivity index (χ2v) is 7.41. The fourth-order valence-corrected chi connectivity index (χ4v) is 3.71. The third-order valence-electron chi connectivity index (χ3n) is 5.54. The van der Waals surface area contributed by atoms with E-state index in [-0.39, 0.29) is 30.8 Å². The van der Waals surface area contributed by atoms with E-state index in [1.54, 1.807) is 30.2 Å². The van der Waals surface area contributed by atoms with Gasteiger partial charge in [0.05, 0.1) is 32.3 Å². The Morgan fingerprint density at radius 2 is 1.83 bits per heavy atom. The van der Waals surface area contributed by atoms with E-state index in [0.717, 1.165) is 5.56 Å². The molecule has 7 heteroatoms. The average Bonchev–Trinajstić information content (AvgIpc) is 3.18. The molecule has 2 aromatic rings. The summed E-state index contributed by atoms with van der Waals surface area (Å²) in [5.74, 6) is 0.376. The third kappa shape index (κ3) is 4.74. The number of aliphatic hydroxyl groups excluding tert-OH is 1. The van der Waals surface area contributed by atoms with Crippen LogP contribution >= 0.6 is 0 Å². The molecular weight excluding hydrogens is 384 g/mol. The molecule has 1 heterocycles. The molecule has 3 atom stereocenters. The van der Waals surface area contributed by atoms with E-state index in [9.17, 15) is 14.7 Å². The van der Waals surface area contributed by atoms with Gasteiger partial charge < -0.3 is 24.8 Å². The van der Waals surface area contributed by atoms with Crippen LogP contribution in [-0.4, -0.2) is 49.1 Å². The topological polar surface area (TPSA) is 88.1 Å². The molecular formula is C23H28N2O5. The van der Waals surface area contributed by atoms with Crippen LogP contribution in [0.3, 0.4) is 0 Å². The molecule has 3 unspecified atom stereocenters. The van der Waals surface area contributed by atoms with Crippen LogP contribution in [-0.2, 0) is 9.59 Å². The Morgan fingerprint density at radius 1 is 1.13 bits per heavy atom. The number of hydrogen-bond acceptors (Lipinski definition) is 5. The molecule has 7 nitrogen and oxygen atoms in total. The van der Waals surface area contributed by atoms with Crippen LogP contribution in [0.15, 0.2) is 48.5 Å². The van der Waals surface area contributed by atoms with Gasteiger partial charge in [0.1, 0.15) is 0 Å². The Labute approximate surface area is 176 Å². The van der Waals surface area contributed by atoms with Gasteiger partial charge in [0, 0.05) is 19.5 Å². The summed E-state index contributed by atoms with van der Waals surface area (Å²) in [6.07, 6.45) is -0.722.